The maximum atomic E-state index is 12.5. The Morgan fingerprint density at radius 1 is 1.11 bits per heavy atom. The van der Waals surface area contributed by atoms with Crippen molar-refractivity contribution in [3.05, 3.63) is 57.6 Å². The number of hydrogen-bond donors (Lipinski definition) is 1. The highest BCUT2D eigenvalue weighted by molar-refractivity contribution is 5.97. The Hall–Kier alpha value is -3.15. The molecule has 28 heavy (non-hydrogen) atoms. The fraction of sp³-hybridized carbons (Fsp3) is 0.318. The molecule has 1 heterocycles. The SMILES string of the molecule is COc1ccc(C(=O)NCCC2C=c3cc(C)c(C)cc3=NC2=O)c(OC)c1. The van der Waals surface area contributed by atoms with Gasteiger partial charge in [0.05, 0.1) is 31.1 Å². The van der Waals surface area contributed by atoms with Crippen molar-refractivity contribution in [3.63, 3.8) is 0 Å². The van der Waals surface area contributed by atoms with Gasteiger partial charge in [-0.3, -0.25) is 9.59 Å². The van der Waals surface area contributed by atoms with Gasteiger partial charge in [0, 0.05) is 12.6 Å². The molecule has 3 rings (SSSR count). The molecule has 1 atom stereocenters. The summed E-state index contributed by atoms with van der Waals surface area (Å²) in [5, 5.41) is 4.54. The van der Waals surface area contributed by atoms with Gasteiger partial charge in [0.15, 0.2) is 0 Å². The van der Waals surface area contributed by atoms with E-state index in [-0.39, 0.29) is 17.7 Å². The number of aryl methyl sites for hydroxylation is 2. The van der Waals surface area contributed by atoms with Crippen molar-refractivity contribution in [1.29, 1.82) is 0 Å². The second-order valence-electron chi connectivity index (χ2n) is 6.83. The molecule has 1 N–H and O–H groups in total. The predicted octanol–water partition coefficient (Wildman–Crippen LogP) is 1.70. The van der Waals surface area contributed by atoms with Crippen molar-refractivity contribution < 1.29 is 19.1 Å². The van der Waals surface area contributed by atoms with Crippen molar-refractivity contribution >= 4 is 17.9 Å². The molecule has 0 saturated carbocycles. The van der Waals surface area contributed by atoms with E-state index in [1.807, 2.05) is 26.0 Å². The zero-order valence-corrected chi connectivity index (χ0v) is 16.5. The quantitative estimate of drug-likeness (QED) is 0.828. The highest BCUT2D eigenvalue weighted by Crippen LogP contribution is 2.24. The van der Waals surface area contributed by atoms with Crippen molar-refractivity contribution in [2.45, 2.75) is 20.3 Å². The molecular weight excluding hydrogens is 356 g/mol. The summed E-state index contributed by atoms with van der Waals surface area (Å²) in [5.41, 5.74) is 2.70. The highest BCUT2D eigenvalue weighted by Gasteiger charge is 2.19. The summed E-state index contributed by atoms with van der Waals surface area (Å²) in [6, 6.07) is 9.01. The Labute approximate surface area is 163 Å². The number of nitrogens with one attached hydrogen (secondary N) is 1. The van der Waals surface area contributed by atoms with Crippen molar-refractivity contribution in [1.82, 2.24) is 5.32 Å². The molecule has 1 aliphatic rings. The molecular formula is C22H24N2O4. The van der Waals surface area contributed by atoms with Crippen molar-refractivity contribution in [2.24, 2.45) is 10.9 Å². The fourth-order valence-corrected chi connectivity index (χ4v) is 3.17. The lowest BCUT2D eigenvalue weighted by atomic mass is 9.98. The van der Waals surface area contributed by atoms with Gasteiger partial charge in [-0.25, -0.2) is 4.99 Å². The minimum absolute atomic E-state index is 0.174. The summed E-state index contributed by atoms with van der Waals surface area (Å²) in [5.74, 6) is 0.278. The highest BCUT2D eigenvalue weighted by atomic mass is 16.5. The standard InChI is InChI=1S/C22H24N2O4/c1-13-9-16-11-15(21(25)24-19(16)10-14(13)2)7-8-23-22(26)18-6-5-17(27-3)12-20(18)28-4/h5-6,9-12,15H,7-8H2,1-4H3,(H,23,26). The molecule has 146 valence electrons. The molecule has 1 unspecified atom stereocenters. The van der Waals surface area contributed by atoms with Gasteiger partial charge in [-0.05, 0) is 60.9 Å². The normalized spacial score (nSPS) is 15.1. The van der Waals surface area contributed by atoms with Crippen molar-refractivity contribution in [3.8, 4) is 11.5 Å². The Morgan fingerprint density at radius 2 is 1.86 bits per heavy atom. The predicted molar refractivity (Wildman–Crippen MR) is 106 cm³/mol. The Bertz CT molecular complexity index is 1040. The van der Waals surface area contributed by atoms with E-state index in [1.54, 1.807) is 25.3 Å². The van der Waals surface area contributed by atoms with E-state index in [9.17, 15) is 9.59 Å². The maximum Gasteiger partial charge on any atom is 0.255 e. The van der Waals surface area contributed by atoms with Crippen LogP contribution in [0.5, 0.6) is 11.5 Å². The minimum Gasteiger partial charge on any atom is -0.497 e. The van der Waals surface area contributed by atoms with Gasteiger partial charge in [0.25, 0.3) is 11.8 Å². The summed E-state index contributed by atoms with van der Waals surface area (Å²) in [6.45, 7) is 4.40. The number of hydrogen-bond acceptors (Lipinski definition) is 4. The lowest BCUT2D eigenvalue weighted by molar-refractivity contribution is -0.120. The summed E-state index contributed by atoms with van der Waals surface area (Å²) >= 11 is 0. The number of amides is 2. The number of benzene rings is 2. The first-order chi connectivity index (χ1) is 13.4. The topological polar surface area (TPSA) is 77.0 Å². The summed E-state index contributed by atoms with van der Waals surface area (Å²) in [7, 11) is 3.06. The Kier molecular flexibility index (Phi) is 5.78. The smallest absolute Gasteiger partial charge is 0.255 e. The van der Waals surface area contributed by atoms with E-state index in [0.717, 1.165) is 16.1 Å². The first kappa shape index (κ1) is 19.6. The molecule has 2 aromatic carbocycles. The first-order valence-electron chi connectivity index (χ1n) is 9.15. The first-order valence-corrected chi connectivity index (χ1v) is 9.15. The lowest BCUT2D eigenvalue weighted by Gasteiger charge is -2.14. The van der Waals surface area contributed by atoms with Crippen LogP contribution in [0.25, 0.3) is 6.08 Å². The van der Waals surface area contributed by atoms with E-state index >= 15 is 0 Å². The van der Waals surface area contributed by atoms with Gasteiger partial charge in [-0.15, -0.1) is 0 Å². The number of methoxy groups -OCH3 is 2. The lowest BCUT2D eigenvalue weighted by Crippen LogP contribution is -2.36. The van der Waals surface area contributed by atoms with Gasteiger partial charge in [-0.1, -0.05) is 6.08 Å². The van der Waals surface area contributed by atoms with Crippen LogP contribution in [0.3, 0.4) is 0 Å². The van der Waals surface area contributed by atoms with Crippen LogP contribution >= 0.6 is 0 Å². The number of carbonyl (C=O) groups excluding carboxylic acids is 2. The van der Waals surface area contributed by atoms with Crippen LogP contribution in [-0.4, -0.2) is 32.6 Å². The number of nitrogens with zero attached hydrogens (tertiary/aromatic N) is 1. The van der Waals surface area contributed by atoms with Crippen molar-refractivity contribution in [2.75, 3.05) is 20.8 Å². The summed E-state index contributed by atoms with van der Waals surface area (Å²) < 4.78 is 10.4. The average molecular weight is 380 g/mol. The molecule has 2 aromatic rings. The molecule has 0 radical (unpaired) electrons. The third kappa shape index (κ3) is 4.06. The van der Waals surface area contributed by atoms with Crippen LogP contribution in [0, 0.1) is 19.8 Å². The zero-order chi connectivity index (χ0) is 20.3. The largest absolute Gasteiger partial charge is 0.497 e. The molecule has 0 spiro atoms. The van der Waals surface area contributed by atoms with Crippen LogP contribution in [0.15, 0.2) is 35.3 Å². The molecule has 2 amide bonds. The monoisotopic (exact) mass is 380 g/mol. The van der Waals surface area contributed by atoms with E-state index in [0.29, 0.717) is 30.0 Å². The zero-order valence-electron chi connectivity index (χ0n) is 16.5. The van der Waals surface area contributed by atoms with Crippen LogP contribution in [-0.2, 0) is 4.79 Å². The van der Waals surface area contributed by atoms with E-state index in [2.05, 4.69) is 16.4 Å². The van der Waals surface area contributed by atoms with E-state index < -0.39 is 0 Å². The molecule has 0 aromatic heterocycles. The van der Waals surface area contributed by atoms with Crippen LogP contribution < -0.4 is 25.4 Å². The third-order valence-electron chi connectivity index (χ3n) is 4.97. The molecule has 1 aliphatic heterocycles. The fourth-order valence-electron chi connectivity index (χ4n) is 3.17. The molecule has 0 saturated heterocycles. The van der Waals surface area contributed by atoms with Gasteiger partial charge < -0.3 is 14.8 Å². The minimum atomic E-state index is -0.340. The van der Waals surface area contributed by atoms with Crippen LogP contribution in [0.4, 0.5) is 0 Å². The third-order valence-corrected chi connectivity index (χ3v) is 4.97. The summed E-state index contributed by atoms with van der Waals surface area (Å²) in [6.07, 6.45) is 2.43. The number of ether oxygens (including phenoxy) is 2. The average Bonchev–Trinajstić information content (AvgIpc) is 2.69. The summed E-state index contributed by atoms with van der Waals surface area (Å²) in [4.78, 5) is 29.0. The van der Waals surface area contributed by atoms with Gasteiger partial charge in [0.1, 0.15) is 11.5 Å². The number of fused-ring (bicyclic) bond motifs is 1. The molecule has 6 nitrogen and oxygen atoms in total. The van der Waals surface area contributed by atoms with Gasteiger partial charge in [0.2, 0.25) is 0 Å². The second-order valence-corrected chi connectivity index (χ2v) is 6.83. The second kappa shape index (κ2) is 8.25. The Balaban J connectivity index is 1.68. The van der Waals surface area contributed by atoms with Crippen LogP contribution in [0.2, 0.25) is 0 Å². The van der Waals surface area contributed by atoms with E-state index in [1.165, 1.54) is 12.7 Å². The molecule has 6 heteroatoms. The molecule has 0 bridgehead atoms. The number of carbonyl (C=O) groups is 2. The van der Waals surface area contributed by atoms with Crippen LogP contribution in [0.1, 0.15) is 27.9 Å². The van der Waals surface area contributed by atoms with Gasteiger partial charge >= 0.3 is 0 Å². The van der Waals surface area contributed by atoms with Gasteiger partial charge in [-0.2, -0.15) is 0 Å². The molecule has 0 fully saturated rings. The van der Waals surface area contributed by atoms with E-state index in [4.69, 9.17) is 9.47 Å². The Morgan fingerprint density at radius 3 is 2.57 bits per heavy atom. The number of rotatable bonds is 6. The maximum absolute atomic E-state index is 12.5. The molecule has 0 aliphatic carbocycles.